The average molecular weight is 641 g/mol. The number of allylic oxidation sites excluding steroid dienone is 12. The molecule has 1 N–H and O–H groups in total. The van der Waals surface area contributed by atoms with Crippen LogP contribution >= 0.6 is 0 Å². The molecule has 0 bridgehead atoms. The van der Waals surface area contributed by atoms with Crippen LogP contribution in [0.15, 0.2) is 72.9 Å². The number of hydrogen-bond acceptors (Lipinski definition) is 5. The molecule has 0 aliphatic rings. The molecule has 0 aromatic carbocycles. The lowest BCUT2D eigenvalue weighted by Gasteiger charge is -2.15. The van der Waals surface area contributed by atoms with Gasteiger partial charge in [-0.1, -0.05) is 132 Å². The second-order valence-electron chi connectivity index (χ2n) is 11.9. The smallest absolute Gasteiger partial charge is 0.306 e. The van der Waals surface area contributed by atoms with Crippen molar-refractivity contribution in [3.8, 4) is 0 Å². The van der Waals surface area contributed by atoms with Gasteiger partial charge in [-0.3, -0.25) is 9.59 Å². The number of unbranched alkanes of at least 4 members (excludes halogenated alkanes) is 12. The minimum absolute atomic E-state index is 0.0944. The van der Waals surface area contributed by atoms with Crippen LogP contribution in [0.1, 0.15) is 155 Å². The van der Waals surface area contributed by atoms with E-state index in [1.54, 1.807) is 0 Å². The lowest BCUT2D eigenvalue weighted by atomic mass is 10.1. The molecule has 0 radical (unpaired) electrons. The first-order chi connectivity index (χ1) is 22.6. The van der Waals surface area contributed by atoms with Gasteiger partial charge in [-0.2, -0.15) is 0 Å². The molecule has 0 spiro atoms. The summed E-state index contributed by atoms with van der Waals surface area (Å²) in [6.45, 7) is 3.93. The van der Waals surface area contributed by atoms with Crippen LogP contribution in [0.3, 0.4) is 0 Å². The van der Waals surface area contributed by atoms with Crippen molar-refractivity contribution < 1.29 is 24.2 Å². The molecule has 5 nitrogen and oxygen atoms in total. The van der Waals surface area contributed by atoms with Crippen LogP contribution in [0.25, 0.3) is 0 Å². The summed E-state index contributed by atoms with van der Waals surface area (Å²) in [5.41, 5.74) is 0. The van der Waals surface area contributed by atoms with Crippen molar-refractivity contribution in [1.82, 2.24) is 0 Å². The summed E-state index contributed by atoms with van der Waals surface area (Å²) in [5.74, 6) is -0.656. The molecule has 0 fully saturated rings. The van der Waals surface area contributed by atoms with Gasteiger partial charge in [0, 0.05) is 12.8 Å². The molecule has 0 saturated carbocycles. The Morgan fingerprint density at radius 3 is 1.46 bits per heavy atom. The Bertz CT molecular complexity index is 864. The molecule has 0 amide bonds. The van der Waals surface area contributed by atoms with Gasteiger partial charge in [-0.05, 0) is 83.5 Å². The Kier molecular flexibility index (Phi) is 34.7. The first-order valence-electron chi connectivity index (χ1n) is 18.5. The predicted molar refractivity (Wildman–Crippen MR) is 196 cm³/mol. The zero-order chi connectivity index (χ0) is 33.6. The lowest BCUT2D eigenvalue weighted by molar-refractivity contribution is -0.161. The van der Waals surface area contributed by atoms with Crippen LogP contribution in [-0.4, -0.2) is 36.4 Å². The summed E-state index contributed by atoms with van der Waals surface area (Å²) in [5, 5.41) is 9.53. The van der Waals surface area contributed by atoms with E-state index >= 15 is 0 Å². The zero-order valence-electron chi connectivity index (χ0n) is 29.6. The minimum Gasteiger partial charge on any atom is -0.462 e. The van der Waals surface area contributed by atoms with Gasteiger partial charge in [0.2, 0.25) is 0 Å². The van der Waals surface area contributed by atoms with Crippen molar-refractivity contribution in [2.75, 3.05) is 13.2 Å². The molecule has 0 aliphatic carbocycles. The van der Waals surface area contributed by atoms with Gasteiger partial charge < -0.3 is 14.6 Å². The van der Waals surface area contributed by atoms with Crippen LogP contribution in [0, 0.1) is 0 Å². The first kappa shape index (κ1) is 43.3. The number of ether oxygens (including phenoxy) is 2. The monoisotopic (exact) mass is 641 g/mol. The fraction of sp³-hybridized carbons (Fsp3) is 0.659. The molecular formula is C41H68O5. The van der Waals surface area contributed by atoms with Crippen LogP contribution in [0.4, 0.5) is 0 Å². The van der Waals surface area contributed by atoms with Crippen molar-refractivity contribution in [3.05, 3.63) is 72.9 Å². The maximum Gasteiger partial charge on any atom is 0.306 e. The van der Waals surface area contributed by atoms with E-state index in [2.05, 4.69) is 86.8 Å². The highest BCUT2D eigenvalue weighted by molar-refractivity contribution is 5.70. The number of aliphatic hydroxyl groups is 1. The Balaban J connectivity index is 3.67. The Labute approximate surface area is 283 Å². The molecule has 0 rings (SSSR count). The lowest BCUT2D eigenvalue weighted by Crippen LogP contribution is -2.28. The molecule has 0 aromatic rings. The molecular weight excluding hydrogens is 572 g/mol. The van der Waals surface area contributed by atoms with E-state index in [9.17, 15) is 14.7 Å². The molecule has 0 heterocycles. The number of esters is 2. The second-order valence-corrected chi connectivity index (χ2v) is 11.9. The van der Waals surface area contributed by atoms with Gasteiger partial charge in [0.15, 0.2) is 6.10 Å². The van der Waals surface area contributed by atoms with Crippen LogP contribution in [0.2, 0.25) is 0 Å². The van der Waals surface area contributed by atoms with Gasteiger partial charge >= 0.3 is 11.9 Å². The summed E-state index contributed by atoms with van der Waals surface area (Å²) in [7, 11) is 0. The molecule has 0 aliphatic heterocycles. The summed E-state index contributed by atoms with van der Waals surface area (Å²) in [4.78, 5) is 24.2. The summed E-state index contributed by atoms with van der Waals surface area (Å²) < 4.78 is 10.5. The fourth-order valence-electron chi connectivity index (χ4n) is 4.69. The third-order valence-electron chi connectivity index (χ3n) is 7.48. The minimum atomic E-state index is -0.795. The predicted octanol–water partition coefficient (Wildman–Crippen LogP) is 11.4. The largest absolute Gasteiger partial charge is 0.462 e. The third kappa shape index (κ3) is 34.2. The Hall–Kier alpha value is -2.66. The fourth-order valence-corrected chi connectivity index (χ4v) is 4.69. The molecule has 46 heavy (non-hydrogen) atoms. The second kappa shape index (κ2) is 36.8. The summed E-state index contributed by atoms with van der Waals surface area (Å²) in [6, 6.07) is 0. The number of rotatable bonds is 32. The molecule has 5 heteroatoms. The Morgan fingerprint density at radius 2 is 0.935 bits per heavy atom. The highest BCUT2D eigenvalue weighted by Gasteiger charge is 2.16. The number of carbonyl (C=O) groups excluding carboxylic acids is 2. The van der Waals surface area contributed by atoms with E-state index < -0.39 is 6.10 Å². The van der Waals surface area contributed by atoms with Crippen LogP contribution < -0.4 is 0 Å². The van der Waals surface area contributed by atoms with Crippen molar-refractivity contribution in [2.24, 2.45) is 0 Å². The summed E-state index contributed by atoms with van der Waals surface area (Å²) >= 11 is 0. The zero-order valence-corrected chi connectivity index (χ0v) is 29.6. The van der Waals surface area contributed by atoms with Crippen LogP contribution in [-0.2, 0) is 19.1 Å². The molecule has 1 atom stereocenters. The van der Waals surface area contributed by atoms with Crippen molar-refractivity contribution in [3.63, 3.8) is 0 Å². The van der Waals surface area contributed by atoms with Gasteiger partial charge in [-0.15, -0.1) is 0 Å². The quantitative estimate of drug-likeness (QED) is 0.0450. The van der Waals surface area contributed by atoms with Gasteiger partial charge in [-0.25, -0.2) is 0 Å². The number of carbonyl (C=O) groups is 2. The van der Waals surface area contributed by atoms with Crippen molar-refractivity contribution in [2.45, 2.75) is 161 Å². The van der Waals surface area contributed by atoms with E-state index in [1.807, 2.05) is 0 Å². The topological polar surface area (TPSA) is 72.8 Å². The average Bonchev–Trinajstić information content (AvgIpc) is 3.06. The van der Waals surface area contributed by atoms with E-state index in [1.165, 1.54) is 51.4 Å². The highest BCUT2D eigenvalue weighted by atomic mass is 16.6. The maximum atomic E-state index is 12.1. The number of hydrogen-bond donors (Lipinski definition) is 1. The van der Waals surface area contributed by atoms with E-state index in [0.29, 0.717) is 12.8 Å². The maximum absolute atomic E-state index is 12.1. The summed E-state index contributed by atoms with van der Waals surface area (Å²) in [6.07, 6.45) is 48.1. The van der Waals surface area contributed by atoms with Gasteiger partial charge in [0.05, 0.1) is 6.61 Å². The first-order valence-corrected chi connectivity index (χ1v) is 18.5. The SMILES string of the molecule is CC/C=C\C/C=C\C/C=C\C/C=C\CCCCC(=O)OC[C@H](CO)OC(=O)CCCCCCCCC/C=C\C/C=C\CCCCC. The van der Waals surface area contributed by atoms with E-state index in [-0.39, 0.29) is 25.2 Å². The standard InChI is InChI=1S/C41H68O5/c1-3-5-7-9-11-13-15-17-19-20-22-24-26-28-30-32-34-36-41(44)46-39(37-42)38-45-40(43)35-33-31-29-27-25-23-21-18-16-14-12-10-8-6-4-2/h6,8,11-14,17-19,21,25,27,39,42H,3-5,7,9-10,15-16,20,22-24,26,28-38H2,1-2H3/b8-6-,13-11-,14-12-,19-17-,21-18-,27-25-/t39-/m0/s1. The van der Waals surface area contributed by atoms with Crippen molar-refractivity contribution in [1.29, 1.82) is 0 Å². The molecule has 0 saturated heterocycles. The Morgan fingerprint density at radius 1 is 0.522 bits per heavy atom. The van der Waals surface area contributed by atoms with Crippen LogP contribution in [0.5, 0.6) is 0 Å². The third-order valence-corrected chi connectivity index (χ3v) is 7.48. The van der Waals surface area contributed by atoms with Gasteiger partial charge in [0.25, 0.3) is 0 Å². The van der Waals surface area contributed by atoms with Gasteiger partial charge in [0.1, 0.15) is 6.61 Å². The normalized spacial score (nSPS) is 13.0. The highest BCUT2D eigenvalue weighted by Crippen LogP contribution is 2.11. The van der Waals surface area contributed by atoms with E-state index in [0.717, 1.165) is 77.0 Å². The molecule has 262 valence electrons. The van der Waals surface area contributed by atoms with E-state index in [4.69, 9.17) is 9.47 Å². The molecule has 0 unspecified atom stereocenters. The molecule has 0 aromatic heterocycles. The van der Waals surface area contributed by atoms with Crippen molar-refractivity contribution >= 4 is 11.9 Å². The number of aliphatic hydroxyl groups excluding tert-OH is 1.